The van der Waals surface area contributed by atoms with Gasteiger partial charge in [-0.15, -0.1) is 5.10 Å². The molecule has 27 heavy (non-hydrogen) atoms. The molecule has 1 amide bonds. The molecule has 0 saturated heterocycles. The number of rotatable bonds is 3. The van der Waals surface area contributed by atoms with Crippen LogP contribution in [0.5, 0.6) is 0 Å². The molecule has 2 aromatic carbocycles. The number of benzene rings is 2. The molecule has 136 valence electrons. The molecule has 0 fully saturated rings. The summed E-state index contributed by atoms with van der Waals surface area (Å²) >= 11 is 0. The van der Waals surface area contributed by atoms with E-state index in [1.807, 2.05) is 55.6 Å². The zero-order valence-corrected chi connectivity index (χ0v) is 15.3. The van der Waals surface area contributed by atoms with E-state index in [9.17, 15) is 9.59 Å². The first kappa shape index (κ1) is 17.1. The Morgan fingerprint density at radius 1 is 1.00 bits per heavy atom. The Kier molecular flexibility index (Phi) is 4.32. The van der Waals surface area contributed by atoms with Gasteiger partial charge in [0.05, 0.1) is 17.9 Å². The van der Waals surface area contributed by atoms with E-state index in [0.717, 1.165) is 33.8 Å². The smallest absolute Gasteiger partial charge is 0.227 e. The van der Waals surface area contributed by atoms with E-state index >= 15 is 0 Å². The predicted octanol–water partition coefficient (Wildman–Crippen LogP) is 3.36. The van der Waals surface area contributed by atoms with E-state index in [2.05, 4.69) is 10.3 Å². The van der Waals surface area contributed by atoms with Crippen molar-refractivity contribution in [2.24, 2.45) is 7.05 Å². The SMILES string of the molecule is CC(=O)CCC(=O)N1Cc2ccccc2-c2c(nnn2C)-c2ccccc21. The fourth-order valence-corrected chi connectivity index (χ4v) is 3.53. The number of hydrogen-bond donors (Lipinski definition) is 0. The third kappa shape index (κ3) is 3.03. The molecule has 6 heteroatoms. The Hall–Kier alpha value is -3.28. The number of fused-ring (bicyclic) bond motifs is 5. The number of amides is 1. The number of para-hydroxylation sites is 1. The molecule has 0 radical (unpaired) electrons. The van der Waals surface area contributed by atoms with E-state index in [1.54, 1.807) is 9.58 Å². The van der Waals surface area contributed by atoms with Gasteiger partial charge in [0.15, 0.2) is 0 Å². The molecule has 1 aliphatic heterocycles. The van der Waals surface area contributed by atoms with Crippen LogP contribution in [-0.4, -0.2) is 26.7 Å². The zero-order chi connectivity index (χ0) is 19.0. The molecule has 6 nitrogen and oxygen atoms in total. The van der Waals surface area contributed by atoms with Crippen LogP contribution >= 0.6 is 0 Å². The largest absolute Gasteiger partial charge is 0.307 e. The predicted molar refractivity (Wildman–Crippen MR) is 103 cm³/mol. The highest BCUT2D eigenvalue weighted by Crippen LogP contribution is 2.40. The Bertz CT molecular complexity index is 1040. The van der Waals surface area contributed by atoms with Gasteiger partial charge < -0.3 is 9.69 Å². The van der Waals surface area contributed by atoms with Crippen molar-refractivity contribution in [3.05, 3.63) is 54.1 Å². The van der Waals surface area contributed by atoms with Crippen molar-refractivity contribution in [3.63, 3.8) is 0 Å². The van der Waals surface area contributed by atoms with Crippen molar-refractivity contribution < 1.29 is 9.59 Å². The topological polar surface area (TPSA) is 68.1 Å². The number of carbonyl (C=O) groups is 2. The monoisotopic (exact) mass is 360 g/mol. The molecule has 0 saturated carbocycles. The lowest BCUT2D eigenvalue weighted by molar-refractivity contribution is -0.123. The lowest BCUT2D eigenvalue weighted by Crippen LogP contribution is -2.32. The number of Topliss-reactive ketones (excluding diaryl/α,β-unsaturated/α-hetero) is 1. The Labute approximate surface area is 157 Å². The summed E-state index contributed by atoms with van der Waals surface area (Å²) in [4.78, 5) is 26.1. The van der Waals surface area contributed by atoms with Crippen LogP contribution in [0, 0.1) is 0 Å². The van der Waals surface area contributed by atoms with Crippen LogP contribution in [0.15, 0.2) is 48.5 Å². The van der Waals surface area contributed by atoms with Gasteiger partial charge in [-0.05, 0) is 18.6 Å². The van der Waals surface area contributed by atoms with E-state index in [4.69, 9.17) is 0 Å². The van der Waals surface area contributed by atoms with Crippen molar-refractivity contribution in [2.75, 3.05) is 4.90 Å². The molecule has 0 N–H and O–H groups in total. The van der Waals surface area contributed by atoms with Crippen LogP contribution in [0.4, 0.5) is 5.69 Å². The van der Waals surface area contributed by atoms with Crippen molar-refractivity contribution in [3.8, 4) is 22.5 Å². The number of aryl methyl sites for hydroxylation is 1. The summed E-state index contributed by atoms with van der Waals surface area (Å²) in [6.07, 6.45) is 0.439. The lowest BCUT2D eigenvalue weighted by Gasteiger charge is -2.28. The van der Waals surface area contributed by atoms with Gasteiger partial charge in [-0.3, -0.25) is 4.79 Å². The van der Waals surface area contributed by atoms with Crippen LogP contribution in [0.1, 0.15) is 25.3 Å². The average Bonchev–Trinajstić information content (AvgIpc) is 3.04. The second kappa shape index (κ2) is 6.79. The molecular weight excluding hydrogens is 340 g/mol. The van der Waals surface area contributed by atoms with Gasteiger partial charge in [-0.1, -0.05) is 47.7 Å². The number of nitrogens with zero attached hydrogens (tertiary/aromatic N) is 4. The first-order valence-electron chi connectivity index (χ1n) is 8.93. The van der Waals surface area contributed by atoms with Gasteiger partial charge in [-0.2, -0.15) is 0 Å². The first-order chi connectivity index (χ1) is 13.1. The molecule has 0 atom stereocenters. The van der Waals surface area contributed by atoms with Gasteiger partial charge >= 0.3 is 0 Å². The van der Waals surface area contributed by atoms with Crippen LogP contribution in [0.3, 0.4) is 0 Å². The minimum atomic E-state index is -0.0696. The second-order valence-corrected chi connectivity index (χ2v) is 6.77. The van der Waals surface area contributed by atoms with E-state index in [-0.39, 0.29) is 24.5 Å². The van der Waals surface area contributed by atoms with Crippen molar-refractivity contribution in [1.29, 1.82) is 0 Å². The third-order valence-electron chi connectivity index (χ3n) is 4.87. The summed E-state index contributed by atoms with van der Waals surface area (Å²) in [6.45, 7) is 1.95. The molecule has 0 aliphatic carbocycles. The lowest BCUT2D eigenvalue weighted by atomic mass is 9.95. The highest BCUT2D eigenvalue weighted by molar-refractivity contribution is 6.01. The zero-order valence-electron chi connectivity index (χ0n) is 15.3. The highest BCUT2D eigenvalue weighted by Gasteiger charge is 2.28. The molecule has 0 bridgehead atoms. The minimum absolute atomic E-state index is 0.0142. The molecule has 1 aromatic heterocycles. The number of hydrogen-bond acceptors (Lipinski definition) is 4. The van der Waals surface area contributed by atoms with E-state index in [0.29, 0.717) is 6.54 Å². The van der Waals surface area contributed by atoms with Gasteiger partial charge in [-0.25, -0.2) is 4.68 Å². The fraction of sp³-hybridized carbons (Fsp3) is 0.238. The molecule has 1 aliphatic rings. The average molecular weight is 360 g/mol. The van der Waals surface area contributed by atoms with Gasteiger partial charge in [0.25, 0.3) is 0 Å². The summed E-state index contributed by atoms with van der Waals surface area (Å²) in [6, 6.07) is 15.7. The summed E-state index contributed by atoms with van der Waals surface area (Å²) < 4.78 is 1.78. The van der Waals surface area contributed by atoms with Crippen molar-refractivity contribution in [2.45, 2.75) is 26.3 Å². The quantitative estimate of drug-likeness (QED) is 0.718. The molecule has 4 rings (SSSR count). The maximum absolute atomic E-state index is 13.0. The minimum Gasteiger partial charge on any atom is -0.307 e. The van der Waals surface area contributed by atoms with E-state index in [1.165, 1.54) is 6.92 Å². The molecule has 0 spiro atoms. The summed E-state index contributed by atoms with van der Waals surface area (Å²) in [5.74, 6) is -0.0555. The van der Waals surface area contributed by atoms with Crippen molar-refractivity contribution >= 4 is 17.4 Å². The summed E-state index contributed by atoms with van der Waals surface area (Å²) in [7, 11) is 1.88. The van der Waals surface area contributed by atoms with E-state index < -0.39 is 0 Å². The third-order valence-corrected chi connectivity index (χ3v) is 4.87. The number of anilines is 1. The molecular formula is C21H20N4O2. The second-order valence-electron chi connectivity index (χ2n) is 6.77. The first-order valence-corrected chi connectivity index (χ1v) is 8.93. The standard InChI is InChI=1S/C21H20N4O2/c1-14(26)11-12-19(27)25-13-15-7-3-4-8-16(15)21-20(22-23-24(21)2)17-9-5-6-10-18(17)25/h3-10H,11-13H2,1-2H3. The maximum atomic E-state index is 13.0. The maximum Gasteiger partial charge on any atom is 0.227 e. The van der Waals surface area contributed by atoms with Gasteiger partial charge in [0, 0.05) is 31.0 Å². The number of aromatic nitrogens is 3. The van der Waals surface area contributed by atoms with Crippen LogP contribution in [-0.2, 0) is 23.2 Å². The molecule has 2 heterocycles. The Balaban J connectivity index is 1.92. The Morgan fingerprint density at radius 2 is 1.70 bits per heavy atom. The fourth-order valence-electron chi connectivity index (χ4n) is 3.53. The van der Waals surface area contributed by atoms with Gasteiger partial charge in [0.2, 0.25) is 5.91 Å². The van der Waals surface area contributed by atoms with Gasteiger partial charge in [0.1, 0.15) is 11.5 Å². The summed E-state index contributed by atoms with van der Waals surface area (Å²) in [5.41, 5.74) is 5.39. The number of carbonyl (C=O) groups excluding carboxylic acids is 2. The molecule has 0 unspecified atom stereocenters. The normalized spacial score (nSPS) is 12.4. The van der Waals surface area contributed by atoms with Crippen molar-refractivity contribution in [1.82, 2.24) is 15.0 Å². The number of ketones is 1. The molecule has 3 aromatic rings. The highest BCUT2D eigenvalue weighted by atomic mass is 16.2. The van der Waals surface area contributed by atoms with Crippen LogP contribution in [0.2, 0.25) is 0 Å². The van der Waals surface area contributed by atoms with Crippen LogP contribution < -0.4 is 4.90 Å². The Morgan fingerprint density at radius 3 is 2.48 bits per heavy atom. The van der Waals surface area contributed by atoms with Crippen LogP contribution in [0.25, 0.3) is 22.5 Å². The summed E-state index contributed by atoms with van der Waals surface area (Å²) in [5, 5.41) is 8.61.